The minimum atomic E-state index is -0.266. The first kappa shape index (κ1) is 15.5. The molecule has 0 aromatic heterocycles. The third-order valence-corrected chi connectivity index (χ3v) is 5.30. The average Bonchev–Trinajstić information content (AvgIpc) is 2.51. The van der Waals surface area contributed by atoms with Crippen molar-refractivity contribution in [1.82, 2.24) is 0 Å². The largest absolute Gasteiger partial charge is 0.288 e. The number of nitrogens with zero attached hydrogens (tertiary/aromatic N) is 2. The molecule has 0 spiro atoms. The molecule has 1 aliphatic carbocycles. The van der Waals surface area contributed by atoms with E-state index in [0.29, 0.717) is 10.8 Å². The first-order chi connectivity index (χ1) is 9.67. The summed E-state index contributed by atoms with van der Waals surface area (Å²) in [6, 6.07) is 10.4. The van der Waals surface area contributed by atoms with E-state index < -0.39 is 0 Å². The Bertz CT molecular complexity index is 1030. The van der Waals surface area contributed by atoms with Crippen LogP contribution in [0.1, 0.15) is 9.75 Å². The van der Waals surface area contributed by atoms with Gasteiger partial charge in [-0.25, -0.2) is 0 Å². The van der Waals surface area contributed by atoms with Crippen molar-refractivity contribution in [2.45, 2.75) is 0 Å². The van der Waals surface area contributed by atoms with Crippen LogP contribution < -0.4 is 10.9 Å². The second-order valence-electron chi connectivity index (χ2n) is 3.95. The van der Waals surface area contributed by atoms with Crippen LogP contribution in [0.4, 0.5) is 0 Å². The van der Waals surface area contributed by atoms with Crippen molar-refractivity contribution < 1.29 is 19.5 Å². The monoisotopic (exact) mass is 360 g/mol. The van der Waals surface area contributed by atoms with Gasteiger partial charge in [-0.1, -0.05) is 24.3 Å². The zero-order valence-electron chi connectivity index (χ0n) is 10.5. The summed E-state index contributed by atoms with van der Waals surface area (Å²) in [7, 11) is 0. The molecule has 96 valence electrons. The quantitative estimate of drug-likeness (QED) is 0.574. The van der Waals surface area contributed by atoms with Gasteiger partial charge in [0.2, 0.25) is 10.9 Å². The summed E-state index contributed by atoms with van der Waals surface area (Å²) in [5, 5.41) is 18.7. The first-order valence-corrected chi connectivity index (χ1v) is 7.13. The van der Waals surface area contributed by atoms with Crippen LogP contribution in [-0.4, -0.2) is 0 Å². The van der Waals surface area contributed by atoms with Crippen molar-refractivity contribution >= 4 is 33.4 Å². The summed E-state index contributed by atoms with van der Waals surface area (Å²) >= 11 is 1.82. The third-order valence-electron chi connectivity index (χ3n) is 2.85. The van der Waals surface area contributed by atoms with Crippen LogP contribution >= 0.6 is 22.7 Å². The fourth-order valence-corrected chi connectivity index (χ4v) is 4.01. The Kier molecular flexibility index (Phi) is 4.30. The molecule has 1 heterocycles. The summed E-state index contributed by atoms with van der Waals surface area (Å²) in [6.45, 7) is 0. The summed E-state index contributed by atoms with van der Waals surface area (Å²) in [5.74, 6) is 0. The third kappa shape index (κ3) is 2.30. The molecule has 4 nitrogen and oxygen atoms in total. The van der Waals surface area contributed by atoms with Crippen LogP contribution in [0.5, 0.6) is 0 Å². The predicted molar refractivity (Wildman–Crippen MR) is 77.0 cm³/mol. The smallest absolute Gasteiger partial charge is 0.205 e. The van der Waals surface area contributed by atoms with Crippen LogP contribution in [0.2, 0.25) is 0 Å². The minimum absolute atomic E-state index is 0. The van der Waals surface area contributed by atoms with Gasteiger partial charge in [0.25, 0.3) is 0 Å². The molecule has 1 aromatic rings. The van der Waals surface area contributed by atoms with Gasteiger partial charge in [-0.05, 0) is 0 Å². The first-order valence-electron chi connectivity index (χ1n) is 5.50. The van der Waals surface area contributed by atoms with E-state index in [4.69, 9.17) is 10.5 Å². The standard InChI is InChI=1S/C14H4N2O2S2.Zn/c15-5-9-10(6-16)20-14-12(18)8-4-2-1-3-7(8)11(17)13(14)19-9;/h1-4H;. The molecule has 0 saturated heterocycles. The van der Waals surface area contributed by atoms with Gasteiger partial charge in [0.1, 0.15) is 21.9 Å². The van der Waals surface area contributed by atoms with E-state index >= 15 is 0 Å². The molecule has 0 N–H and O–H groups in total. The molecule has 21 heavy (non-hydrogen) atoms. The molecule has 0 radical (unpaired) electrons. The van der Waals surface area contributed by atoms with Gasteiger partial charge < -0.3 is 0 Å². The number of benzene rings is 1. The molecule has 0 unspecified atom stereocenters. The molecule has 0 fully saturated rings. The maximum absolute atomic E-state index is 12.4. The van der Waals surface area contributed by atoms with Gasteiger partial charge >= 0.3 is 0 Å². The molecule has 3 rings (SSSR count). The fraction of sp³-hybridized carbons (Fsp3) is 0. The summed E-state index contributed by atoms with van der Waals surface area (Å²) < 4.78 is 0.489. The van der Waals surface area contributed by atoms with E-state index in [1.807, 2.05) is 12.1 Å². The topological polar surface area (TPSA) is 81.7 Å². The molecule has 1 aromatic carbocycles. The van der Waals surface area contributed by atoms with Crippen LogP contribution in [0, 0.1) is 31.7 Å². The van der Waals surface area contributed by atoms with Gasteiger partial charge in [0, 0.05) is 30.3 Å². The van der Waals surface area contributed by atoms with Crippen molar-refractivity contribution in [2.24, 2.45) is 0 Å². The van der Waals surface area contributed by atoms with Gasteiger partial charge in [-0.15, -0.1) is 22.7 Å². The maximum Gasteiger partial charge on any atom is 0.205 e. The minimum Gasteiger partial charge on any atom is -0.288 e. The second-order valence-corrected chi connectivity index (χ2v) is 5.99. The van der Waals surface area contributed by atoms with Gasteiger partial charge in [0.05, 0.1) is 9.06 Å². The maximum atomic E-state index is 12.4. The molecule has 0 saturated carbocycles. The molecule has 0 atom stereocenters. The van der Waals surface area contributed by atoms with E-state index in [1.54, 1.807) is 24.3 Å². The van der Waals surface area contributed by atoms with Crippen LogP contribution in [-0.2, 0) is 19.5 Å². The van der Waals surface area contributed by atoms with E-state index in [2.05, 4.69) is 0 Å². The van der Waals surface area contributed by atoms with Crippen LogP contribution in [0.25, 0.3) is 10.8 Å². The normalized spacial score (nSPS) is 9.81. The van der Waals surface area contributed by atoms with Crippen LogP contribution in [0.15, 0.2) is 33.9 Å². The van der Waals surface area contributed by atoms with E-state index in [1.165, 1.54) is 0 Å². The Hall–Kier alpha value is -1.92. The van der Waals surface area contributed by atoms with Crippen LogP contribution in [0.3, 0.4) is 0 Å². The molecule has 0 amide bonds. The molecule has 2 aliphatic rings. The Labute approximate surface area is 138 Å². The summed E-state index contributed by atoms with van der Waals surface area (Å²) in [5.41, 5.74) is -0.533. The van der Waals surface area contributed by atoms with Gasteiger partial charge in [-0.2, -0.15) is 10.5 Å². The second kappa shape index (κ2) is 5.83. The Morgan fingerprint density at radius 1 is 0.810 bits per heavy atom. The number of nitriles is 2. The van der Waals surface area contributed by atoms with Crippen molar-refractivity contribution in [3.63, 3.8) is 0 Å². The number of hydrogen-bond donors (Lipinski definition) is 0. The molecule has 1 aliphatic heterocycles. The van der Waals surface area contributed by atoms with E-state index in [-0.39, 0.29) is 49.2 Å². The SMILES string of the molecule is N#Cc1sc2c(=O)c3ccccc3c(=O)c=2sc1C#N.[Zn]. The predicted octanol–water partition coefficient (Wildman–Crippen LogP) is 2.15. The molecule has 7 heteroatoms. The molecular formula is C14H4N2O2S2Zn. The number of rotatable bonds is 0. The number of hydrogen-bond acceptors (Lipinski definition) is 6. The zero-order valence-corrected chi connectivity index (χ0v) is 15.1. The number of fused-ring (bicyclic) bond motifs is 1. The zero-order chi connectivity index (χ0) is 14.3. The van der Waals surface area contributed by atoms with E-state index in [0.717, 1.165) is 22.7 Å². The Morgan fingerprint density at radius 2 is 1.19 bits per heavy atom. The van der Waals surface area contributed by atoms with Crippen molar-refractivity contribution in [3.05, 3.63) is 63.5 Å². The van der Waals surface area contributed by atoms with Crippen molar-refractivity contribution in [1.29, 1.82) is 10.5 Å². The Morgan fingerprint density at radius 3 is 1.52 bits per heavy atom. The van der Waals surface area contributed by atoms with Gasteiger partial charge in [0.15, 0.2) is 0 Å². The molecule has 0 bridgehead atoms. The van der Waals surface area contributed by atoms with Gasteiger partial charge in [-0.3, -0.25) is 9.59 Å². The van der Waals surface area contributed by atoms with E-state index in [9.17, 15) is 9.59 Å². The molecular weight excluding hydrogens is 358 g/mol. The average molecular weight is 362 g/mol. The van der Waals surface area contributed by atoms with Crippen molar-refractivity contribution in [3.8, 4) is 12.1 Å². The summed E-state index contributed by atoms with van der Waals surface area (Å²) in [4.78, 5) is 25.1. The summed E-state index contributed by atoms with van der Waals surface area (Å²) in [6.07, 6.45) is 0. The van der Waals surface area contributed by atoms with Crippen molar-refractivity contribution in [2.75, 3.05) is 0 Å². The Balaban J connectivity index is 0.00000161. The fourth-order valence-electron chi connectivity index (χ4n) is 1.96.